The summed E-state index contributed by atoms with van der Waals surface area (Å²) in [4.78, 5) is 22.5. The quantitative estimate of drug-likeness (QED) is 0.543. The van der Waals surface area contributed by atoms with Crippen LogP contribution in [0.1, 0.15) is 33.1 Å². The molecule has 104 valence electrons. The second-order valence-electron chi connectivity index (χ2n) is 5.10. The first-order valence-corrected chi connectivity index (χ1v) is 6.33. The summed E-state index contributed by atoms with van der Waals surface area (Å²) < 4.78 is 0. The summed E-state index contributed by atoms with van der Waals surface area (Å²) in [6.07, 6.45) is 2.86. The zero-order valence-electron chi connectivity index (χ0n) is 10.9. The molecule has 6 nitrogen and oxygen atoms in total. The molecule has 0 aromatic heterocycles. The lowest BCUT2D eigenvalue weighted by Crippen LogP contribution is -2.53. The molecular weight excluding hydrogens is 236 g/mol. The van der Waals surface area contributed by atoms with Gasteiger partial charge in [-0.3, -0.25) is 4.79 Å². The number of nitrogens with one attached hydrogen (secondary N) is 2. The molecule has 0 radical (unpaired) electrons. The molecule has 1 aliphatic heterocycles. The van der Waals surface area contributed by atoms with Crippen LogP contribution in [0.15, 0.2) is 0 Å². The fourth-order valence-corrected chi connectivity index (χ4v) is 2.02. The van der Waals surface area contributed by atoms with Crippen molar-refractivity contribution in [3.63, 3.8) is 0 Å². The molecule has 1 heterocycles. The van der Waals surface area contributed by atoms with Gasteiger partial charge in [-0.05, 0) is 32.2 Å². The number of carboxylic acids is 1. The Bertz CT molecular complexity index is 317. The Labute approximate surface area is 107 Å². The van der Waals surface area contributed by atoms with Gasteiger partial charge >= 0.3 is 5.97 Å². The molecule has 0 aromatic carbocycles. The number of amides is 1. The molecule has 6 heteroatoms. The van der Waals surface area contributed by atoms with Crippen molar-refractivity contribution in [3.8, 4) is 0 Å². The molecule has 0 aliphatic carbocycles. The molecule has 0 spiro atoms. The van der Waals surface area contributed by atoms with E-state index >= 15 is 0 Å². The van der Waals surface area contributed by atoms with Gasteiger partial charge in [0.2, 0.25) is 5.91 Å². The lowest BCUT2D eigenvalue weighted by molar-refractivity contribution is -0.156. The number of piperidine rings is 1. The number of hydrogen-bond donors (Lipinski definition) is 4. The first-order valence-electron chi connectivity index (χ1n) is 6.33. The highest BCUT2D eigenvalue weighted by atomic mass is 16.4. The monoisotopic (exact) mass is 258 g/mol. The van der Waals surface area contributed by atoms with Crippen LogP contribution in [-0.4, -0.2) is 46.8 Å². The van der Waals surface area contributed by atoms with Crippen molar-refractivity contribution in [2.45, 2.75) is 44.8 Å². The predicted molar refractivity (Wildman–Crippen MR) is 66.1 cm³/mol. The SMILES string of the molecule is CCC1CCNC(C(=O)NCC(C)(O)C(=O)O)C1. The smallest absolute Gasteiger partial charge is 0.337 e. The molecule has 0 saturated carbocycles. The van der Waals surface area contributed by atoms with Crippen molar-refractivity contribution in [1.29, 1.82) is 0 Å². The first kappa shape index (κ1) is 14.9. The van der Waals surface area contributed by atoms with E-state index in [0.29, 0.717) is 5.92 Å². The summed E-state index contributed by atoms with van der Waals surface area (Å²) in [5, 5.41) is 23.8. The van der Waals surface area contributed by atoms with Crippen LogP contribution in [0.25, 0.3) is 0 Å². The van der Waals surface area contributed by atoms with Gasteiger partial charge in [0.1, 0.15) is 0 Å². The minimum atomic E-state index is -1.92. The molecule has 1 amide bonds. The van der Waals surface area contributed by atoms with E-state index in [1.165, 1.54) is 6.92 Å². The van der Waals surface area contributed by atoms with Crippen molar-refractivity contribution < 1.29 is 19.8 Å². The Morgan fingerprint density at radius 2 is 2.17 bits per heavy atom. The lowest BCUT2D eigenvalue weighted by Gasteiger charge is -2.29. The number of carboxylic acid groups (broad SMARTS) is 1. The van der Waals surface area contributed by atoms with Crippen LogP contribution in [0.4, 0.5) is 0 Å². The van der Waals surface area contributed by atoms with Crippen molar-refractivity contribution in [3.05, 3.63) is 0 Å². The van der Waals surface area contributed by atoms with E-state index in [9.17, 15) is 14.7 Å². The lowest BCUT2D eigenvalue weighted by atomic mass is 9.90. The zero-order valence-corrected chi connectivity index (χ0v) is 10.9. The van der Waals surface area contributed by atoms with E-state index in [0.717, 1.165) is 25.8 Å². The largest absolute Gasteiger partial charge is 0.479 e. The van der Waals surface area contributed by atoms with Crippen LogP contribution in [0.3, 0.4) is 0 Å². The van der Waals surface area contributed by atoms with E-state index in [1.54, 1.807) is 0 Å². The Hall–Kier alpha value is -1.14. The predicted octanol–water partition coefficient (Wildman–Crippen LogP) is -0.284. The molecule has 0 aromatic rings. The Balaban J connectivity index is 2.43. The Morgan fingerprint density at radius 3 is 2.72 bits per heavy atom. The highest BCUT2D eigenvalue weighted by Gasteiger charge is 2.32. The number of rotatable bonds is 5. The van der Waals surface area contributed by atoms with Crippen LogP contribution in [0, 0.1) is 5.92 Å². The van der Waals surface area contributed by atoms with Gasteiger partial charge in [0, 0.05) is 0 Å². The van der Waals surface area contributed by atoms with E-state index in [1.807, 2.05) is 0 Å². The standard InChI is InChI=1S/C12H22N2O4/c1-3-8-4-5-13-9(6-8)10(15)14-7-12(2,18)11(16)17/h8-9,13,18H,3-7H2,1-2H3,(H,14,15)(H,16,17). The summed E-state index contributed by atoms with van der Waals surface area (Å²) in [5.74, 6) is -1.05. The third-order valence-corrected chi connectivity index (χ3v) is 3.47. The maximum absolute atomic E-state index is 11.9. The van der Waals surface area contributed by atoms with Crippen LogP contribution >= 0.6 is 0 Å². The summed E-state index contributed by atoms with van der Waals surface area (Å²) in [5.41, 5.74) is -1.92. The average Bonchev–Trinajstić information content (AvgIpc) is 2.36. The highest BCUT2D eigenvalue weighted by molar-refractivity contribution is 5.83. The normalized spacial score (nSPS) is 27.3. The van der Waals surface area contributed by atoms with Gasteiger partial charge in [0.05, 0.1) is 12.6 Å². The molecule has 1 aliphatic rings. The Kier molecular flexibility index (Phi) is 5.10. The van der Waals surface area contributed by atoms with Crippen LogP contribution < -0.4 is 10.6 Å². The summed E-state index contributed by atoms with van der Waals surface area (Å²) >= 11 is 0. The molecule has 1 fully saturated rings. The van der Waals surface area contributed by atoms with Gasteiger partial charge in [0.15, 0.2) is 5.60 Å². The third-order valence-electron chi connectivity index (χ3n) is 3.47. The molecule has 1 rings (SSSR count). The van der Waals surface area contributed by atoms with E-state index < -0.39 is 11.6 Å². The van der Waals surface area contributed by atoms with Crippen LogP contribution in [0.5, 0.6) is 0 Å². The van der Waals surface area contributed by atoms with Crippen molar-refractivity contribution in [2.75, 3.05) is 13.1 Å². The number of hydrogen-bond acceptors (Lipinski definition) is 4. The third kappa shape index (κ3) is 3.96. The number of aliphatic carboxylic acids is 1. The second kappa shape index (κ2) is 6.15. The summed E-state index contributed by atoms with van der Waals surface area (Å²) in [7, 11) is 0. The van der Waals surface area contributed by atoms with E-state index in [-0.39, 0.29) is 18.5 Å². The zero-order chi connectivity index (χ0) is 13.8. The van der Waals surface area contributed by atoms with Gasteiger partial charge in [-0.1, -0.05) is 13.3 Å². The van der Waals surface area contributed by atoms with E-state index in [4.69, 9.17) is 5.11 Å². The van der Waals surface area contributed by atoms with E-state index in [2.05, 4.69) is 17.6 Å². The van der Waals surface area contributed by atoms with Gasteiger partial charge in [-0.15, -0.1) is 0 Å². The first-order chi connectivity index (χ1) is 8.36. The minimum absolute atomic E-state index is 0.241. The number of carbonyl (C=O) groups is 2. The molecule has 3 unspecified atom stereocenters. The number of aliphatic hydroxyl groups is 1. The molecule has 4 N–H and O–H groups in total. The highest BCUT2D eigenvalue weighted by Crippen LogP contribution is 2.19. The van der Waals surface area contributed by atoms with Gasteiger partial charge in [-0.25, -0.2) is 4.79 Å². The molecule has 18 heavy (non-hydrogen) atoms. The fraction of sp³-hybridized carbons (Fsp3) is 0.833. The van der Waals surface area contributed by atoms with Gasteiger partial charge in [0.25, 0.3) is 0 Å². The topological polar surface area (TPSA) is 98.7 Å². The van der Waals surface area contributed by atoms with Gasteiger partial charge in [-0.2, -0.15) is 0 Å². The van der Waals surface area contributed by atoms with Crippen molar-refractivity contribution in [2.24, 2.45) is 5.92 Å². The minimum Gasteiger partial charge on any atom is -0.479 e. The maximum atomic E-state index is 11.9. The molecule has 0 bridgehead atoms. The fourth-order valence-electron chi connectivity index (χ4n) is 2.02. The van der Waals surface area contributed by atoms with Gasteiger partial charge < -0.3 is 20.8 Å². The van der Waals surface area contributed by atoms with Crippen molar-refractivity contribution in [1.82, 2.24) is 10.6 Å². The van der Waals surface area contributed by atoms with Crippen LogP contribution in [0.2, 0.25) is 0 Å². The average molecular weight is 258 g/mol. The van der Waals surface area contributed by atoms with Crippen LogP contribution in [-0.2, 0) is 9.59 Å². The molecular formula is C12H22N2O4. The number of carbonyl (C=O) groups excluding carboxylic acids is 1. The molecule has 1 saturated heterocycles. The maximum Gasteiger partial charge on any atom is 0.337 e. The molecule has 3 atom stereocenters. The summed E-state index contributed by atoms with van der Waals surface area (Å²) in [6, 6.07) is -0.284. The van der Waals surface area contributed by atoms with Crippen molar-refractivity contribution >= 4 is 11.9 Å². The summed E-state index contributed by atoms with van der Waals surface area (Å²) in [6.45, 7) is 3.78. The Morgan fingerprint density at radius 1 is 1.50 bits per heavy atom. The second-order valence-corrected chi connectivity index (χ2v) is 5.10.